The van der Waals surface area contributed by atoms with Crippen molar-refractivity contribution in [1.29, 1.82) is 0 Å². The van der Waals surface area contributed by atoms with E-state index >= 15 is 0 Å². The molecule has 0 saturated heterocycles. The summed E-state index contributed by atoms with van der Waals surface area (Å²) in [5, 5.41) is 3.10. The first kappa shape index (κ1) is 16.3. The molecule has 2 rings (SSSR count). The van der Waals surface area contributed by atoms with Crippen molar-refractivity contribution in [2.24, 2.45) is 5.41 Å². The molecule has 0 unspecified atom stereocenters. The monoisotopic (exact) mass is 295 g/mol. The third-order valence-electron chi connectivity index (χ3n) is 3.88. The van der Waals surface area contributed by atoms with E-state index in [1.165, 1.54) is 11.1 Å². The van der Waals surface area contributed by atoms with Crippen molar-refractivity contribution in [3.8, 4) is 0 Å². The molecule has 1 N–H and O–H groups in total. The van der Waals surface area contributed by atoms with E-state index < -0.39 is 5.41 Å². The smallest absolute Gasteiger partial charge is 0.229 e. The maximum atomic E-state index is 12.3. The number of carbonyl (C=O) groups excluding carboxylic acids is 1. The summed E-state index contributed by atoms with van der Waals surface area (Å²) in [6.07, 6.45) is 0.992. The van der Waals surface area contributed by atoms with E-state index in [1.54, 1.807) is 0 Å². The lowest BCUT2D eigenvalue weighted by Gasteiger charge is -2.23. The van der Waals surface area contributed by atoms with Gasteiger partial charge in [0, 0.05) is 17.0 Å². The van der Waals surface area contributed by atoms with E-state index in [4.69, 9.17) is 0 Å². The average molecular weight is 295 g/mol. The number of hydrogen-bond acceptors (Lipinski definition) is 1. The molecular formula is C20H25NO. The molecule has 2 aromatic rings. The fourth-order valence-corrected chi connectivity index (χ4v) is 2.55. The molecule has 1 amide bonds. The van der Waals surface area contributed by atoms with E-state index in [-0.39, 0.29) is 11.8 Å². The summed E-state index contributed by atoms with van der Waals surface area (Å²) < 4.78 is 0. The molecule has 0 heterocycles. The van der Waals surface area contributed by atoms with Crippen LogP contribution in [0.2, 0.25) is 0 Å². The normalized spacial score (nSPS) is 12.7. The Balaban J connectivity index is 2.37. The molecule has 0 fully saturated rings. The Labute approximate surface area is 133 Å². The predicted molar refractivity (Wildman–Crippen MR) is 93.1 cm³/mol. The molecule has 0 aliphatic carbocycles. The van der Waals surface area contributed by atoms with Crippen molar-refractivity contribution < 1.29 is 4.79 Å². The molecule has 0 saturated carbocycles. The van der Waals surface area contributed by atoms with Crippen LogP contribution in [0.3, 0.4) is 0 Å². The molecule has 22 heavy (non-hydrogen) atoms. The highest BCUT2D eigenvalue weighted by Gasteiger charge is 2.23. The van der Waals surface area contributed by atoms with Crippen molar-refractivity contribution in [1.82, 2.24) is 0 Å². The SMILES string of the molecule is CC[C@@H](c1ccccc1)c1ccccc1NC(=O)C(C)(C)C. The lowest BCUT2D eigenvalue weighted by atomic mass is 9.87. The van der Waals surface area contributed by atoms with Gasteiger partial charge in [0.15, 0.2) is 0 Å². The van der Waals surface area contributed by atoms with Crippen LogP contribution in [-0.2, 0) is 4.79 Å². The first-order valence-electron chi connectivity index (χ1n) is 7.88. The Morgan fingerprint density at radius 1 is 1.00 bits per heavy atom. The summed E-state index contributed by atoms with van der Waals surface area (Å²) in [7, 11) is 0. The first-order chi connectivity index (χ1) is 10.4. The molecule has 0 bridgehead atoms. The van der Waals surface area contributed by atoms with Gasteiger partial charge in [0.25, 0.3) is 0 Å². The number of rotatable bonds is 4. The second-order valence-corrected chi connectivity index (χ2v) is 6.66. The zero-order chi connectivity index (χ0) is 16.2. The minimum Gasteiger partial charge on any atom is -0.325 e. The van der Waals surface area contributed by atoms with Gasteiger partial charge in [-0.25, -0.2) is 0 Å². The standard InChI is InChI=1S/C20H25NO/c1-5-16(15-11-7-6-8-12-15)17-13-9-10-14-18(17)21-19(22)20(2,3)4/h6-14,16H,5H2,1-4H3,(H,21,22)/t16-/m0/s1. The van der Waals surface area contributed by atoms with Gasteiger partial charge in [-0.15, -0.1) is 0 Å². The Morgan fingerprint density at radius 3 is 2.18 bits per heavy atom. The molecule has 0 aliphatic rings. The van der Waals surface area contributed by atoms with Crippen LogP contribution in [0.15, 0.2) is 54.6 Å². The van der Waals surface area contributed by atoms with E-state index in [1.807, 2.05) is 45.0 Å². The number of benzene rings is 2. The van der Waals surface area contributed by atoms with Gasteiger partial charge >= 0.3 is 0 Å². The second-order valence-electron chi connectivity index (χ2n) is 6.66. The topological polar surface area (TPSA) is 29.1 Å². The van der Waals surface area contributed by atoms with E-state index in [9.17, 15) is 4.79 Å². The molecule has 116 valence electrons. The van der Waals surface area contributed by atoms with Crippen molar-refractivity contribution >= 4 is 11.6 Å². The first-order valence-corrected chi connectivity index (χ1v) is 7.88. The van der Waals surface area contributed by atoms with Crippen LogP contribution in [0.1, 0.15) is 51.2 Å². The Hall–Kier alpha value is -2.09. The van der Waals surface area contributed by atoms with Gasteiger partial charge in [0.2, 0.25) is 5.91 Å². The highest BCUT2D eigenvalue weighted by Crippen LogP contribution is 2.33. The molecule has 1 atom stereocenters. The highest BCUT2D eigenvalue weighted by molar-refractivity contribution is 5.95. The zero-order valence-corrected chi connectivity index (χ0v) is 13.9. The number of nitrogens with one attached hydrogen (secondary N) is 1. The second kappa shape index (κ2) is 6.78. The van der Waals surface area contributed by atoms with Gasteiger partial charge < -0.3 is 5.32 Å². The quantitative estimate of drug-likeness (QED) is 0.824. The van der Waals surface area contributed by atoms with Crippen molar-refractivity contribution in [2.45, 2.75) is 40.0 Å². The summed E-state index contributed by atoms with van der Waals surface area (Å²) >= 11 is 0. The maximum absolute atomic E-state index is 12.3. The fraction of sp³-hybridized carbons (Fsp3) is 0.350. The molecule has 0 aliphatic heterocycles. The van der Waals surface area contributed by atoms with Gasteiger partial charge in [-0.3, -0.25) is 4.79 Å². The van der Waals surface area contributed by atoms with Crippen LogP contribution in [0.25, 0.3) is 0 Å². The molecule has 2 nitrogen and oxygen atoms in total. The third kappa shape index (κ3) is 3.76. The van der Waals surface area contributed by atoms with Gasteiger partial charge in [0.05, 0.1) is 0 Å². The van der Waals surface area contributed by atoms with Crippen LogP contribution in [0.5, 0.6) is 0 Å². The fourth-order valence-electron chi connectivity index (χ4n) is 2.55. The lowest BCUT2D eigenvalue weighted by molar-refractivity contribution is -0.123. The van der Waals surface area contributed by atoms with Crippen LogP contribution in [-0.4, -0.2) is 5.91 Å². The molecule has 2 aromatic carbocycles. The molecular weight excluding hydrogens is 270 g/mol. The average Bonchev–Trinajstić information content (AvgIpc) is 2.50. The highest BCUT2D eigenvalue weighted by atomic mass is 16.2. The Bertz CT molecular complexity index is 626. The Morgan fingerprint density at radius 2 is 1.59 bits per heavy atom. The molecule has 0 spiro atoms. The van der Waals surface area contributed by atoms with Crippen molar-refractivity contribution in [3.05, 3.63) is 65.7 Å². The maximum Gasteiger partial charge on any atom is 0.229 e. The van der Waals surface area contributed by atoms with E-state index in [2.05, 4.69) is 42.6 Å². The summed E-state index contributed by atoms with van der Waals surface area (Å²) in [6, 6.07) is 18.6. The summed E-state index contributed by atoms with van der Waals surface area (Å²) in [4.78, 5) is 12.3. The number of para-hydroxylation sites is 1. The van der Waals surface area contributed by atoms with Gasteiger partial charge in [-0.2, -0.15) is 0 Å². The number of amides is 1. The summed E-state index contributed by atoms with van der Waals surface area (Å²) in [5.41, 5.74) is 2.97. The van der Waals surface area contributed by atoms with Gasteiger partial charge in [-0.05, 0) is 23.6 Å². The minimum absolute atomic E-state index is 0.0443. The van der Waals surface area contributed by atoms with E-state index in [0.717, 1.165) is 12.1 Å². The molecule has 0 aromatic heterocycles. The number of carbonyl (C=O) groups is 1. The van der Waals surface area contributed by atoms with Crippen LogP contribution < -0.4 is 5.32 Å². The number of hydrogen-bond donors (Lipinski definition) is 1. The summed E-state index contributed by atoms with van der Waals surface area (Å²) in [6.45, 7) is 7.97. The molecule has 0 radical (unpaired) electrons. The van der Waals surface area contributed by atoms with E-state index in [0.29, 0.717) is 0 Å². The van der Waals surface area contributed by atoms with Gasteiger partial charge in [0.1, 0.15) is 0 Å². The van der Waals surface area contributed by atoms with Gasteiger partial charge in [-0.1, -0.05) is 76.2 Å². The lowest BCUT2D eigenvalue weighted by Crippen LogP contribution is -2.28. The zero-order valence-electron chi connectivity index (χ0n) is 13.9. The Kier molecular flexibility index (Phi) is 5.02. The summed E-state index contributed by atoms with van der Waals surface area (Å²) in [5.74, 6) is 0.334. The van der Waals surface area contributed by atoms with Crippen LogP contribution in [0.4, 0.5) is 5.69 Å². The minimum atomic E-state index is -0.401. The third-order valence-corrected chi connectivity index (χ3v) is 3.88. The molecule has 2 heteroatoms. The predicted octanol–water partition coefficient (Wildman–Crippen LogP) is 5.21. The van der Waals surface area contributed by atoms with Crippen LogP contribution >= 0.6 is 0 Å². The van der Waals surface area contributed by atoms with Crippen LogP contribution in [0, 0.1) is 5.41 Å². The van der Waals surface area contributed by atoms with Crippen molar-refractivity contribution in [3.63, 3.8) is 0 Å². The van der Waals surface area contributed by atoms with Crippen molar-refractivity contribution in [2.75, 3.05) is 5.32 Å². The largest absolute Gasteiger partial charge is 0.325 e. The number of anilines is 1.